The van der Waals surface area contributed by atoms with E-state index in [-0.39, 0.29) is 29.7 Å². The summed E-state index contributed by atoms with van der Waals surface area (Å²) in [6.45, 7) is 1.84. The molecule has 1 aromatic carbocycles. The van der Waals surface area contributed by atoms with Crippen LogP contribution in [-0.4, -0.2) is 82.7 Å². The third-order valence-electron chi connectivity index (χ3n) is 7.56. The molecule has 1 aromatic rings. The molecule has 2 aliphatic rings. The largest absolute Gasteiger partial charge is 0.507 e. The van der Waals surface area contributed by atoms with E-state index in [1.807, 2.05) is 0 Å². The molecule has 8 N–H and O–H groups in total. The first-order valence-corrected chi connectivity index (χ1v) is 11.9. The van der Waals surface area contributed by atoms with Crippen LogP contribution in [-0.2, 0) is 20.8 Å². The summed E-state index contributed by atoms with van der Waals surface area (Å²) < 4.78 is 13.2. The number of benzene rings is 1. The summed E-state index contributed by atoms with van der Waals surface area (Å²) >= 11 is 0. The maximum absolute atomic E-state index is 14.0. The molecule has 0 saturated heterocycles. The highest BCUT2D eigenvalue weighted by molar-refractivity contribution is 6.25. The van der Waals surface area contributed by atoms with Crippen molar-refractivity contribution < 1.29 is 34.1 Å². The lowest BCUT2D eigenvalue weighted by molar-refractivity contribution is -0.144. The van der Waals surface area contributed by atoms with Crippen molar-refractivity contribution >= 4 is 28.9 Å². The zero-order valence-electron chi connectivity index (χ0n) is 20.9. The minimum atomic E-state index is -2.25. The number of Topliss-reactive ketones (excluding diaryl/α,β-unsaturated/α-hetero) is 2. The Balaban J connectivity index is 2.24. The lowest BCUT2D eigenvalue weighted by Crippen LogP contribution is -2.70. The third kappa shape index (κ3) is 4.35. The number of aliphatic hydroxyl groups is 2. The number of carbonyl (C=O) groups is 3. The summed E-state index contributed by atoms with van der Waals surface area (Å²) in [5, 5.41) is 35.0. The van der Waals surface area contributed by atoms with Crippen LogP contribution in [0.2, 0.25) is 0 Å². The SMILES string of the molecule is CC(CF)Nc1ccc(O)c2c1C[C@H]1C[C@@H](C(CO)N(C)C)[C@@](N)(C(=O)C(C)C(N)=O)C(=O)C1=C2O. The second-order valence-electron chi connectivity index (χ2n) is 10.1. The highest BCUT2D eigenvalue weighted by atomic mass is 19.1. The molecule has 1 amide bonds. The molecule has 6 atom stereocenters. The molecule has 36 heavy (non-hydrogen) atoms. The number of nitrogens with two attached hydrogens (primary N) is 2. The standard InChI is InChI=1S/C25H35FN4O6/c1-11(9-26)29-16-5-6-18(32)20-14(16)7-13-8-15(17(10-31)30(3)4)25(28,22(34)12(2)24(27)36)23(35)19(13)21(20)33/h5-6,11-13,15,17,29,31-33H,7-10,28H2,1-4H3,(H2,27,36)/t11?,12?,13-,15-,17?,25+/m0/s1. The summed E-state index contributed by atoms with van der Waals surface area (Å²) in [4.78, 5) is 41.0. The molecule has 3 unspecified atom stereocenters. The van der Waals surface area contributed by atoms with Gasteiger partial charge in [-0.05, 0) is 64.4 Å². The number of primary amides is 1. The summed E-state index contributed by atoms with van der Waals surface area (Å²) in [6, 6.07) is 1.64. The number of likely N-dealkylation sites (N-methyl/N-ethyl adjacent to an activating group) is 1. The number of fused-ring (bicyclic) bond motifs is 2. The van der Waals surface area contributed by atoms with Gasteiger partial charge in [0.15, 0.2) is 11.6 Å². The number of ketones is 2. The Labute approximate surface area is 209 Å². The lowest BCUT2D eigenvalue weighted by Gasteiger charge is -2.49. The number of amides is 1. The average Bonchev–Trinajstić information content (AvgIpc) is 2.82. The van der Waals surface area contributed by atoms with E-state index in [0.717, 1.165) is 0 Å². The van der Waals surface area contributed by atoms with Crippen LogP contribution in [0.4, 0.5) is 10.1 Å². The van der Waals surface area contributed by atoms with Crippen LogP contribution in [0, 0.1) is 17.8 Å². The van der Waals surface area contributed by atoms with Gasteiger partial charge in [-0.15, -0.1) is 0 Å². The highest BCUT2D eigenvalue weighted by Gasteiger charge is 2.60. The summed E-state index contributed by atoms with van der Waals surface area (Å²) in [7, 11) is 3.34. The average molecular weight is 507 g/mol. The number of nitrogens with zero attached hydrogens (tertiary/aromatic N) is 1. The van der Waals surface area contributed by atoms with Crippen LogP contribution in [0.3, 0.4) is 0 Å². The third-order valence-corrected chi connectivity index (χ3v) is 7.56. The fraction of sp³-hybridized carbons (Fsp3) is 0.560. The van der Waals surface area contributed by atoms with Crippen LogP contribution in [0.1, 0.15) is 31.4 Å². The molecular weight excluding hydrogens is 471 g/mol. The van der Waals surface area contributed by atoms with Gasteiger partial charge in [0.25, 0.3) is 0 Å². The Hall–Kier alpha value is -3.02. The number of alkyl halides is 1. The van der Waals surface area contributed by atoms with Gasteiger partial charge in [-0.1, -0.05) is 0 Å². The van der Waals surface area contributed by atoms with Gasteiger partial charge >= 0.3 is 0 Å². The van der Waals surface area contributed by atoms with Crippen LogP contribution in [0.15, 0.2) is 17.7 Å². The summed E-state index contributed by atoms with van der Waals surface area (Å²) in [5.41, 5.74) is 10.6. The number of rotatable bonds is 9. The summed E-state index contributed by atoms with van der Waals surface area (Å²) in [5.74, 6) is -6.44. The monoisotopic (exact) mass is 506 g/mol. The molecule has 10 nitrogen and oxygen atoms in total. The van der Waals surface area contributed by atoms with E-state index in [9.17, 15) is 34.1 Å². The molecule has 0 aromatic heterocycles. The van der Waals surface area contributed by atoms with Gasteiger partial charge in [0, 0.05) is 23.2 Å². The zero-order valence-corrected chi connectivity index (χ0v) is 20.9. The number of nitrogens with one attached hydrogen (secondary N) is 1. The molecule has 0 radical (unpaired) electrons. The summed E-state index contributed by atoms with van der Waals surface area (Å²) in [6.07, 6.45) is 0.309. The normalized spacial score (nSPS) is 26.2. The Morgan fingerprint density at radius 3 is 2.44 bits per heavy atom. The van der Waals surface area contributed by atoms with Crippen molar-refractivity contribution in [2.24, 2.45) is 29.2 Å². The van der Waals surface area contributed by atoms with Crippen LogP contribution >= 0.6 is 0 Å². The fourth-order valence-corrected chi connectivity index (χ4v) is 5.50. The number of aromatic hydroxyl groups is 1. The van der Waals surface area contributed by atoms with E-state index < -0.39 is 71.9 Å². The maximum Gasteiger partial charge on any atom is 0.227 e. The first kappa shape index (κ1) is 27.6. The van der Waals surface area contributed by atoms with Gasteiger partial charge in [0.05, 0.1) is 24.1 Å². The molecule has 198 valence electrons. The van der Waals surface area contributed by atoms with Crippen molar-refractivity contribution in [2.75, 3.05) is 32.7 Å². The van der Waals surface area contributed by atoms with Crippen molar-refractivity contribution in [3.63, 3.8) is 0 Å². The van der Waals surface area contributed by atoms with Gasteiger partial charge in [-0.3, -0.25) is 14.4 Å². The number of carbonyl (C=O) groups excluding carboxylic acids is 3. The lowest BCUT2D eigenvalue weighted by atomic mass is 9.58. The van der Waals surface area contributed by atoms with Gasteiger partial charge in [0.1, 0.15) is 23.7 Å². The van der Waals surface area contributed by atoms with E-state index >= 15 is 0 Å². The molecule has 0 heterocycles. The van der Waals surface area contributed by atoms with Gasteiger partial charge < -0.3 is 37.0 Å². The van der Waals surface area contributed by atoms with E-state index in [1.54, 1.807) is 32.0 Å². The fourth-order valence-electron chi connectivity index (χ4n) is 5.50. The van der Waals surface area contributed by atoms with Gasteiger partial charge in [0.2, 0.25) is 5.91 Å². The molecule has 0 bridgehead atoms. The first-order valence-electron chi connectivity index (χ1n) is 11.9. The molecule has 2 aliphatic carbocycles. The van der Waals surface area contributed by atoms with Crippen LogP contribution in [0.25, 0.3) is 5.76 Å². The number of halogens is 1. The van der Waals surface area contributed by atoms with Crippen molar-refractivity contribution in [1.29, 1.82) is 0 Å². The van der Waals surface area contributed by atoms with Crippen molar-refractivity contribution in [3.05, 3.63) is 28.8 Å². The number of phenols is 1. The minimum absolute atomic E-state index is 0.00757. The van der Waals surface area contributed by atoms with Crippen LogP contribution in [0.5, 0.6) is 5.75 Å². The topological polar surface area (TPSA) is 179 Å². The van der Waals surface area contributed by atoms with E-state index in [1.165, 1.54) is 13.0 Å². The van der Waals surface area contributed by atoms with E-state index in [0.29, 0.717) is 11.3 Å². The number of anilines is 1. The Morgan fingerprint density at radius 1 is 1.28 bits per heavy atom. The molecule has 1 saturated carbocycles. The second kappa shape index (κ2) is 10.2. The van der Waals surface area contributed by atoms with Crippen LogP contribution < -0.4 is 16.8 Å². The Morgan fingerprint density at radius 2 is 1.92 bits per heavy atom. The molecule has 0 spiro atoms. The zero-order chi connectivity index (χ0) is 27.1. The van der Waals surface area contributed by atoms with Gasteiger partial charge in [-0.25, -0.2) is 4.39 Å². The predicted octanol–water partition coefficient (Wildman–Crippen LogP) is 0.503. The van der Waals surface area contributed by atoms with Crippen molar-refractivity contribution in [1.82, 2.24) is 4.90 Å². The Kier molecular flexibility index (Phi) is 7.77. The highest BCUT2D eigenvalue weighted by Crippen LogP contribution is 2.50. The molecule has 0 aliphatic heterocycles. The molecular formula is C25H35FN4O6. The number of hydrogen-bond donors (Lipinski definition) is 6. The second-order valence-corrected chi connectivity index (χ2v) is 10.1. The molecule has 11 heteroatoms. The predicted molar refractivity (Wildman–Crippen MR) is 132 cm³/mol. The number of hydrogen-bond acceptors (Lipinski definition) is 9. The molecule has 1 fully saturated rings. The maximum atomic E-state index is 14.0. The van der Waals surface area contributed by atoms with Gasteiger partial charge in [-0.2, -0.15) is 0 Å². The molecule has 3 rings (SSSR count). The van der Waals surface area contributed by atoms with E-state index in [4.69, 9.17) is 11.5 Å². The number of aliphatic hydroxyl groups excluding tert-OH is 2. The van der Waals surface area contributed by atoms with E-state index in [2.05, 4.69) is 5.32 Å². The number of phenolic OH excluding ortho intramolecular Hbond substituents is 1. The Bertz CT molecular complexity index is 1110. The smallest absolute Gasteiger partial charge is 0.227 e. The minimum Gasteiger partial charge on any atom is -0.507 e. The first-order chi connectivity index (χ1) is 16.8. The van der Waals surface area contributed by atoms with Crippen molar-refractivity contribution in [2.45, 2.75) is 44.3 Å². The quantitative estimate of drug-likeness (QED) is 0.205. The van der Waals surface area contributed by atoms with Crippen molar-refractivity contribution in [3.8, 4) is 5.75 Å².